The third-order valence-corrected chi connectivity index (χ3v) is 2.41. The quantitative estimate of drug-likeness (QED) is 0.561. The number of aromatic nitrogens is 1. The molecule has 0 bridgehead atoms. The maximum atomic E-state index is 11.7. The van der Waals surface area contributed by atoms with Crippen LogP contribution < -0.4 is 22.3 Å². The zero-order valence-corrected chi connectivity index (χ0v) is 11.0. The summed E-state index contributed by atoms with van der Waals surface area (Å²) in [6.45, 7) is 3.93. The van der Waals surface area contributed by atoms with Crippen LogP contribution in [0.5, 0.6) is 0 Å². The summed E-state index contributed by atoms with van der Waals surface area (Å²) in [7, 11) is 0. The number of nitrogens with two attached hydrogens (primary N) is 2. The number of rotatable bonds is 4. The van der Waals surface area contributed by atoms with Gasteiger partial charge in [-0.15, -0.1) is 0 Å². The number of pyridine rings is 1. The Morgan fingerprint density at radius 3 is 2.53 bits per heavy atom. The Morgan fingerprint density at radius 2 is 2.00 bits per heavy atom. The van der Waals surface area contributed by atoms with Crippen molar-refractivity contribution in [3.05, 3.63) is 23.9 Å². The molecule has 0 aliphatic rings. The molecule has 1 atom stereocenters. The van der Waals surface area contributed by atoms with Crippen LogP contribution in [0.3, 0.4) is 0 Å². The van der Waals surface area contributed by atoms with Gasteiger partial charge in [-0.2, -0.15) is 0 Å². The first-order chi connectivity index (χ1) is 8.90. The summed E-state index contributed by atoms with van der Waals surface area (Å²) >= 11 is 0. The Labute approximate surface area is 111 Å². The van der Waals surface area contributed by atoms with Crippen molar-refractivity contribution in [2.75, 3.05) is 5.73 Å². The highest BCUT2D eigenvalue weighted by Crippen LogP contribution is 2.02. The van der Waals surface area contributed by atoms with E-state index in [4.69, 9.17) is 11.5 Å². The van der Waals surface area contributed by atoms with Crippen LogP contribution in [0.4, 0.5) is 5.82 Å². The number of nitrogens with zero attached hydrogens (tertiary/aromatic N) is 1. The van der Waals surface area contributed by atoms with E-state index in [1.54, 1.807) is 0 Å². The molecule has 19 heavy (non-hydrogen) atoms. The molecule has 0 aliphatic heterocycles. The number of anilines is 1. The van der Waals surface area contributed by atoms with E-state index in [0.29, 0.717) is 23.7 Å². The second-order valence-corrected chi connectivity index (χ2v) is 4.65. The van der Waals surface area contributed by atoms with E-state index in [1.165, 1.54) is 18.3 Å². The molecule has 0 aromatic carbocycles. The summed E-state index contributed by atoms with van der Waals surface area (Å²) in [4.78, 5) is 27.0. The lowest BCUT2D eigenvalue weighted by molar-refractivity contribution is -0.123. The van der Waals surface area contributed by atoms with Crippen LogP contribution in [0.25, 0.3) is 0 Å². The standard InChI is InChI=1S/C12H19N5O2/c1-7(2)5-9(13)12(19)17-16-11(18)8-3-4-10(14)15-6-8/h3-4,6-7,9H,5,13H2,1-2H3,(H2,14,15)(H,16,18)(H,17,19)/t9-/m0/s1. The van der Waals surface area contributed by atoms with E-state index in [9.17, 15) is 9.59 Å². The van der Waals surface area contributed by atoms with Crippen LogP contribution in [-0.4, -0.2) is 22.8 Å². The van der Waals surface area contributed by atoms with E-state index in [-0.39, 0.29) is 0 Å². The highest BCUT2D eigenvalue weighted by Gasteiger charge is 2.15. The van der Waals surface area contributed by atoms with Crippen LogP contribution in [0, 0.1) is 5.92 Å². The monoisotopic (exact) mass is 265 g/mol. The van der Waals surface area contributed by atoms with Gasteiger partial charge in [-0.25, -0.2) is 4.98 Å². The minimum Gasteiger partial charge on any atom is -0.384 e. The summed E-state index contributed by atoms with van der Waals surface area (Å²) in [5.41, 5.74) is 15.9. The number of hydrogen-bond acceptors (Lipinski definition) is 5. The minimum atomic E-state index is -0.648. The lowest BCUT2D eigenvalue weighted by atomic mass is 10.0. The van der Waals surface area contributed by atoms with E-state index in [1.807, 2.05) is 13.8 Å². The van der Waals surface area contributed by atoms with Crippen LogP contribution in [-0.2, 0) is 4.79 Å². The maximum Gasteiger partial charge on any atom is 0.271 e. The predicted octanol–water partition coefficient (Wildman–Crippen LogP) is -0.202. The average Bonchev–Trinajstić information content (AvgIpc) is 2.35. The van der Waals surface area contributed by atoms with Crippen LogP contribution in [0.1, 0.15) is 30.6 Å². The van der Waals surface area contributed by atoms with Crippen molar-refractivity contribution in [3.63, 3.8) is 0 Å². The van der Waals surface area contributed by atoms with Crippen LogP contribution in [0.15, 0.2) is 18.3 Å². The molecular formula is C12H19N5O2. The van der Waals surface area contributed by atoms with E-state index in [2.05, 4.69) is 15.8 Å². The summed E-state index contributed by atoms with van der Waals surface area (Å²) in [5.74, 6) is -0.277. The van der Waals surface area contributed by atoms with Crippen molar-refractivity contribution in [2.45, 2.75) is 26.3 Å². The molecule has 6 N–H and O–H groups in total. The van der Waals surface area contributed by atoms with Gasteiger partial charge in [0.15, 0.2) is 0 Å². The number of carbonyl (C=O) groups is 2. The smallest absolute Gasteiger partial charge is 0.271 e. The summed E-state index contributed by atoms with van der Waals surface area (Å²) < 4.78 is 0. The average molecular weight is 265 g/mol. The third kappa shape index (κ3) is 4.92. The lowest BCUT2D eigenvalue weighted by Gasteiger charge is -2.14. The molecule has 1 aromatic heterocycles. The highest BCUT2D eigenvalue weighted by atomic mass is 16.2. The van der Waals surface area contributed by atoms with Gasteiger partial charge < -0.3 is 11.5 Å². The third-order valence-electron chi connectivity index (χ3n) is 2.41. The topological polar surface area (TPSA) is 123 Å². The molecule has 0 unspecified atom stereocenters. The lowest BCUT2D eigenvalue weighted by Crippen LogP contribution is -2.49. The van der Waals surface area contributed by atoms with Crippen LogP contribution >= 0.6 is 0 Å². The fraction of sp³-hybridized carbons (Fsp3) is 0.417. The first-order valence-electron chi connectivity index (χ1n) is 5.97. The molecule has 0 aliphatic carbocycles. The first kappa shape index (κ1) is 14.9. The number of amides is 2. The van der Waals surface area contributed by atoms with Gasteiger partial charge in [0.05, 0.1) is 11.6 Å². The van der Waals surface area contributed by atoms with Gasteiger partial charge in [0, 0.05) is 6.20 Å². The van der Waals surface area contributed by atoms with E-state index < -0.39 is 17.9 Å². The van der Waals surface area contributed by atoms with Crippen molar-refractivity contribution in [1.29, 1.82) is 0 Å². The van der Waals surface area contributed by atoms with Crippen molar-refractivity contribution in [3.8, 4) is 0 Å². The van der Waals surface area contributed by atoms with Gasteiger partial charge in [-0.05, 0) is 24.5 Å². The van der Waals surface area contributed by atoms with Crippen molar-refractivity contribution >= 4 is 17.6 Å². The second kappa shape index (κ2) is 6.69. The van der Waals surface area contributed by atoms with Gasteiger partial charge in [-0.1, -0.05) is 13.8 Å². The molecule has 104 valence electrons. The SMILES string of the molecule is CC(C)C[C@H](N)C(=O)NNC(=O)c1ccc(N)nc1. The molecule has 2 amide bonds. The van der Waals surface area contributed by atoms with Gasteiger partial charge in [-0.3, -0.25) is 20.4 Å². The predicted molar refractivity (Wildman–Crippen MR) is 71.7 cm³/mol. The molecule has 0 saturated heterocycles. The van der Waals surface area contributed by atoms with E-state index in [0.717, 1.165) is 0 Å². The molecule has 0 radical (unpaired) electrons. The molecule has 1 aromatic rings. The first-order valence-corrected chi connectivity index (χ1v) is 5.97. The van der Waals surface area contributed by atoms with Gasteiger partial charge >= 0.3 is 0 Å². The summed E-state index contributed by atoms with van der Waals surface area (Å²) in [6, 6.07) is 2.36. The molecule has 0 saturated carbocycles. The van der Waals surface area contributed by atoms with Crippen molar-refractivity contribution in [2.24, 2.45) is 11.7 Å². The van der Waals surface area contributed by atoms with Crippen LogP contribution in [0.2, 0.25) is 0 Å². The van der Waals surface area contributed by atoms with E-state index >= 15 is 0 Å². The normalized spacial score (nSPS) is 12.0. The number of nitrogen functional groups attached to an aromatic ring is 1. The largest absolute Gasteiger partial charge is 0.384 e. The second-order valence-electron chi connectivity index (χ2n) is 4.65. The maximum absolute atomic E-state index is 11.7. The van der Waals surface area contributed by atoms with Gasteiger partial charge in [0.1, 0.15) is 5.82 Å². The molecular weight excluding hydrogens is 246 g/mol. The van der Waals surface area contributed by atoms with Gasteiger partial charge in [0.2, 0.25) is 0 Å². The number of hydrazine groups is 1. The zero-order valence-electron chi connectivity index (χ0n) is 11.0. The summed E-state index contributed by atoms with van der Waals surface area (Å²) in [5, 5.41) is 0. The molecule has 7 nitrogen and oxygen atoms in total. The Bertz CT molecular complexity index is 444. The van der Waals surface area contributed by atoms with Crippen molar-refractivity contribution < 1.29 is 9.59 Å². The molecule has 7 heteroatoms. The Morgan fingerprint density at radius 1 is 1.32 bits per heavy atom. The molecule has 1 heterocycles. The molecule has 1 rings (SSSR count). The Kier molecular flexibility index (Phi) is 5.25. The Hall–Kier alpha value is -2.15. The summed E-state index contributed by atoms with van der Waals surface area (Å²) in [6.07, 6.45) is 1.87. The molecule has 0 fully saturated rings. The number of hydrogen-bond donors (Lipinski definition) is 4. The fourth-order valence-electron chi connectivity index (χ4n) is 1.44. The van der Waals surface area contributed by atoms with Crippen molar-refractivity contribution in [1.82, 2.24) is 15.8 Å². The molecule has 0 spiro atoms. The Balaban J connectivity index is 2.46. The minimum absolute atomic E-state index is 0.298. The number of nitrogens with one attached hydrogen (secondary N) is 2. The fourth-order valence-corrected chi connectivity index (χ4v) is 1.44. The highest BCUT2D eigenvalue weighted by molar-refractivity contribution is 5.95. The van der Waals surface area contributed by atoms with Gasteiger partial charge in [0.25, 0.3) is 11.8 Å². The number of carbonyl (C=O) groups excluding carboxylic acids is 2. The zero-order chi connectivity index (χ0) is 14.4.